The van der Waals surface area contributed by atoms with Crippen LogP contribution in [0.25, 0.3) is 0 Å². The van der Waals surface area contributed by atoms with Crippen LogP contribution >= 0.6 is 23.6 Å². The molecule has 1 saturated heterocycles. The second-order valence-corrected chi connectivity index (χ2v) is 5.62. The van der Waals surface area contributed by atoms with Gasteiger partial charge in [-0.15, -0.1) is 11.3 Å². The van der Waals surface area contributed by atoms with Gasteiger partial charge in [0.05, 0.1) is 17.8 Å². The third-order valence-electron chi connectivity index (χ3n) is 3.17. The first-order valence-corrected chi connectivity index (χ1v) is 7.04. The summed E-state index contributed by atoms with van der Waals surface area (Å²) in [5.41, 5.74) is 1.03. The number of rotatable bonds is 2. The third-order valence-corrected chi connectivity index (χ3v) is 4.52. The summed E-state index contributed by atoms with van der Waals surface area (Å²) in [6.45, 7) is 0. The number of pyridine rings is 1. The van der Waals surface area contributed by atoms with Crippen LogP contribution in [0.1, 0.15) is 22.7 Å². The molecule has 0 amide bonds. The second kappa shape index (κ2) is 4.66. The van der Waals surface area contributed by atoms with E-state index in [4.69, 9.17) is 12.2 Å². The molecule has 0 unspecified atom stereocenters. The van der Waals surface area contributed by atoms with Crippen LogP contribution in [0.15, 0.2) is 41.9 Å². The van der Waals surface area contributed by atoms with Gasteiger partial charge in [-0.3, -0.25) is 4.98 Å². The van der Waals surface area contributed by atoms with Crippen LogP contribution in [-0.4, -0.2) is 22.0 Å². The highest BCUT2D eigenvalue weighted by Gasteiger charge is 2.37. The quantitative estimate of drug-likeness (QED) is 0.853. The Labute approximate surface area is 115 Å². The number of aromatic nitrogens is 1. The summed E-state index contributed by atoms with van der Waals surface area (Å²) < 4.78 is 0. The zero-order chi connectivity index (χ0) is 12.5. The maximum atomic E-state index is 5.36. The van der Waals surface area contributed by atoms with E-state index in [0.717, 1.165) is 10.8 Å². The van der Waals surface area contributed by atoms with Gasteiger partial charge in [0.1, 0.15) is 0 Å². The third kappa shape index (κ3) is 1.89. The predicted molar refractivity (Wildman–Crippen MR) is 77.5 cm³/mol. The lowest BCUT2D eigenvalue weighted by atomic mass is 10.0. The first-order valence-electron chi connectivity index (χ1n) is 5.75. The molecule has 0 spiro atoms. The highest BCUT2D eigenvalue weighted by atomic mass is 32.1. The molecule has 0 saturated carbocycles. The lowest BCUT2D eigenvalue weighted by Gasteiger charge is -2.22. The number of thiocarbonyl (C=S) groups is 1. The molecule has 18 heavy (non-hydrogen) atoms. The van der Waals surface area contributed by atoms with E-state index in [0.29, 0.717) is 0 Å². The smallest absolute Gasteiger partial charge is 0.169 e. The maximum absolute atomic E-state index is 5.36. The fourth-order valence-electron chi connectivity index (χ4n) is 2.27. The van der Waals surface area contributed by atoms with E-state index < -0.39 is 0 Å². The molecule has 0 bridgehead atoms. The van der Waals surface area contributed by atoms with Crippen molar-refractivity contribution in [2.24, 2.45) is 0 Å². The normalized spacial score (nSPS) is 23.2. The minimum atomic E-state index is 0.127. The van der Waals surface area contributed by atoms with Gasteiger partial charge in [0.25, 0.3) is 0 Å². The summed E-state index contributed by atoms with van der Waals surface area (Å²) in [6.07, 6.45) is 1.82. The highest BCUT2D eigenvalue weighted by molar-refractivity contribution is 7.80. The molecule has 0 aromatic carbocycles. The molecule has 1 N–H and O–H groups in total. The van der Waals surface area contributed by atoms with Gasteiger partial charge in [-0.25, -0.2) is 0 Å². The minimum Gasteiger partial charge on any atom is -0.352 e. The van der Waals surface area contributed by atoms with Gasteiger partial charge in [-0.05, 0) is 35.8 Å². The number of nitrogens with one attached hydrogen (secondary N) is 1. The molecule has 3 nitrogen and oxygen atoms in total. The Morgan fingerprint density at radius 1 is 1.33 bits per heavy atom. The number of thiophene rings is 1. The average molecular weight is 275 g/mol. The first-order chi connectivity index (χ1) is 8.77. The maximum Gasteiger partial charge on any atom is 0.169 e. The van der Waals surface area contributed by atoms with Crippen LogP contribution < -0.4 is 5.32 Å². The minimum absolute atomic E-state index is 0.127. The van der Waals surface area contributed by atoms with Crippen LogP contribution in [0.2, 0.25) is 0 Å². The number of hydrogen-bond acceptors (Lipinski definition) is 3. The Bertz CT molecular complexity index is 539. The van der Waals surface area contributed by atoms with E-state index in [9.17, 15) is 0 Å². The molecule has 1 aliphatic heterocycles. The summed E-state index contributed by atoms with van der Waals surface area (Å²) in [7, 11) is 2.03. The Balaban J connectivity index is 2.00. The van der Waals surface area contributed by atoms with E-state index in [1.807, 2.05) is 31.4 Å². The fraction of sp³-hybridized carbons (Fsp3) is 0.231. The van der Waals surface area contributed by atoms with Crippen molar-refractivity contribution >= 4 is 28.7 Å². The van der Waals surface area contributed by atoms with Gasteiger partial charge in [-0.1, -0.05) is 12.1 Å². The summed E-state index contributed by atoms with van der Waals surface area (Å²) in [6, 6.07) is 10.6. The number of hydrogen-bond donors (Lipinski definition) is 1. The average Bonchev–Trinajstić information content (AvgIpc) is 3.00. The van der Waals surface area contributed by atoms with E-state index in [2.05, 4.69) is 32.7 Å². The molecule has 2 aromatic heterocycles. The first kappa shape index (κ1) is 11.6. The molecule has 0 aliphatic carbocycles. The second-order valence-electron chi connectivity index (χ2n) is 4.25. The van der Waals surface area contributed by atoms with Gasteiger partial charge in [0.2, 0.25) is 0 Å². The van der Waals surface area contributed by atoms with E-state index in [1.54, 1.807) is 11.3 Å². The zero-order valence-electron chi connectivity index (χ0n) is 9.91. The monoisotopic (exact) mass is 275 g/mol. The molecule has 2 aromatic rings. The van der Waals surface area contributed by atoms with Crippen LogP contribution in [0.4, 0.5) is 0 Å². The number of nitrogens with zero attached hydrogens (tertiary/aromatic N) is 2. The zero-order valence-corrected chi connectivity index (χ0v) is 11.5. The van der Waals surface area contributed by atoms with Gasteiger partial charge >= 0.3 is 0 Å². The summed E-state index contributed by atoms with van der Waals surface area (Å²) >= 11 is 7.12. The van der Waals surface area contributed by atoms with Crippen molar-refractivity contribution in [2.45, 2.75) is 12.1 Å². The molecule has 1 fully saturated rings. The Hall–Kier alpha value is -1.46. The highest BCUT2D eigenvalue weighted by Crippen LogP contribution is 2.38. The van der Waals surface area contributed by atoms with Crippen molar-refractivity contribution in [3.8, 4) is 0 Å². The van der Waals surface area contributed by atoms with Gasteiger partial charge in [-0.2, -0.15) is 0 Å². The van der Waals surface area contributed by atoms with E-state index >= 15 is 0 Å². The SMILES string of the molecule is CN1C(=S)N[C@H](c2ccccn2)[C@H]1c1cccs1. The van der Waals surface area contributed by atoms with Crippen molar-refractivity contribution in [3.05, 3.63) is 52.5 Å². The lowest BCUT2D eigenvalue weighted by Crippen LogP contribution is -2.24. The van der Waals surface area contributed by atoms with Crippen molar-refractivity contribution in [2.75, 3.05) is 7.05 Å². The lowest BCUT2D eigenvalue weighted by molar-refractivity contribution is 0.374. The number of likely N-dealkylation sites (N-methyl/N-ethyl adjacent to an activating group) is 1. The van der Waals surface area contributed by atoms with Crippen LogP contribution in [-0.2, 0) is 0 Å². The van der Waals surface area contributed by atoms with E-state index in [1.165, 1.54) is 4.88 Å². The summed E-state index contributed by atoms with van der Waals surface area (Å²) in [4.78, 5) is 7.86. The largest absolute Gasteiger partial charge is 0.352 e. The van der Waals surface area contributed by atoms with Crippen molar-refractivity contribution in [1.29, 1.82) is 0 Å². The fourth-order valence-corrected chi connectivity index (χ4v) is 3.42. The molecule has 3 rings (SSSR count). The van der Waals surface area contributed by atoms with Gasteiger partial charge in [0.15, 0.2) is 5.11 Å². The van der Waals surface area contributed by atoms with Crippen molar-refractivity contribution in [3.63, 3.8) is 0 Å². The van der Waals surface area contributed by atoms with Gasteiger partial charge in [0, 0.05) is 18.1 Å². The summed E-state index contributed by atoms with van der Waals surface area (Å²) in [5, 5.41) is 6.24. The molecule has 1 aliphatic rings. The van der Waals surface area contributed by atoms with E-state index in [-0.39, 0.29) is 12.1 Å². The standard InChI is InChI=1S/C13H13N3S2/c1-16-12(10-6-4-8-18-10)11(15-13(16)17)9-5-2-3-7-14-9/h2-8,11-12H,1H3,(H,15,17)/t11-,12-/m1/s1. The molecular weight excluding hydrogens is 262 g/mol. The molecule has 92 valence electrons. The summed E-state index contributed by atoms with van der Waals surface area (Å²) in [5.74, 6) is 0. The Morgan fingerprint density at radius 2 is 2.22 bits per heavy atom. The molecule has 0 radical (unpaired) electrons. The Kier molecular flexibility index (Phi) is 3.01. The molecule has 3 heterocycles. The Morgan fingerprint density at radius 3 is 2.89 bits per heavy atom. The van der Waals surface area contributed by atoms with Crippen LogP contribution in [0.5, 0.6) is 0 Å². The van der Waals surface area contributed by atoms with Crippen molar-refractivity contribution < 1.29 is 0 Å². The molecule has 2 atom stereocenters. The van der Waals surface area contributed by atoms with Gasteiger partial charge < -0.3 is 10.2 Å². The topological polar surface area (TPSA) is 28.2 Å². The van der Waals surface area contributed by atoms with Crippen LogP contribution in [0.3, 0.4) is 0 Å². The van der Waals surface area contributed by atoms with Crippen LogP contribution in [0, 0.1) is 0 Å². The predicted octanol–water partition coefficient (Wildman–Crippen LogP) is 2.75. The molecule has 5 heteroatoms. The van der Waals surface area contributed by atoms with Crippen molar-refractivity contribution in [1.82, 2.24) is 15.2 Å². The molecular formula is C13H13N3S2.